The minimum atomic E-state index is -0.894. The lowest BCUT2D eigenvalue weighted by atomic mass is 10.1. The second-order valence-electron chi connectivity index (χ2n) is 7.98. The van der Waals surface area contributed by atoms with Crippen LogP contribution in [0.5, 0.6) is 0 Å². The van der Waals surface area contributed by atoms with Crippen LogP contribution in [0.1, 0.15) is 46.0 Å². The van der Waals surface area contributed by atoms with Gasteiger partial charge in [-0.1, -0.05) is 55.3 Å². The van der Waals surface area contributed by atoms with Gasteiger partial charge in [0.25, 0.3) is 0 Å². The van der Waals surface area contributed by atoms with Crippen LogP contribution in [0.3, 0.4) is 0 Å². The molecule has 38 heavy (non-hydrogen) atoms. The molecule has 0 radical (unpaired) electrons. The van der Waals surface area contributed by atoms with E-state index < -0.39 is 5.97 Å². The molecular formula is C27H32N6O4S. The summed E-state index contributed by atoms with van der Waals surface area (Å²) in [6.07, 6.45) is 3.90. The molecule has 0 saturated carbocycles. The summed E-state index contributed by atoms with van der Waals surface area (Å²) in [7, 11) is 0. The number of carbonyl (C=O) groups excluding carboxylic acids is 2. The van der Waals surface area contributed by atoms with Crippen LogP contribution < -0.4 is 21.1 Å². The predicted molar refractivity (Wildman–Crippen MR) is 148 cm³/mol. The van der Waals surface area contributed by atoms with Gasteiger partial charge in [-0.15, -0.1) is 0 Å². The third kappa shape index (κ3) is 11.7. The molecule has 7 N–H and O–H groups in total. The molecule has 0 bridgehead atoms. The van der Waals surface area contributed by atoms with Crippen molar-refractivity contribution in [2.75, 3.05) is 6.54 Å². The predicted octanol–water partition coefficient (Wildman–Crippen LogP) is 2.83. The third-order valence-corrected chi connectivity index (χ3v) is 5.92. The van der Waals surface area contributed by atoms with E-state index in [1.165, 1.54) is 5.56 Å². The number of amides is 2. The zero-order chi connectivity index (χ0) is 27.8. The molecule has 0 aliphatic carbocycles. The van der Waals surface area contributed by atoms with Crippen molar-refractivity contribution < 1.29 is 19.5 Å². The fraction of sp³-hybridized carbons (Fsp3) is 0.222. The van der Waals surface area contributed by atoms with Crippen molar-refractivity contribution in [1.82, 2.24) is 20.3 Å². The molecule has 11 heteroatoms. The maximum atomic E-state index is 11.4. The number of nitrogen functional groups attached to an aromatic ring is 1. The van der Waals surface area contributed by atoms with E-state index in [0.717, 1.165) is 23.4 Å². The normalized spacial score (nSPS) is 10.0. The second-order valence-corrected chi connectivity index (χ2v) is 8.85. The van der Waals surface area contributed by atoms with E-state index in [9.17, 15) is 14.4 Å². The average molecular weight is 537 g/mol. The van der Waals surface area contributed by atoms with Gasteiger partial charge in [0, 0.05) is 43.2 Å². The zero-order valence-corrected chi connectivity index (χ0v) is 21.9. The van der Waals surface area contributed by atoms with E-state index in [2.05, 4.69) is 20.3 Å². The van der Waals surface area contributed by atoms with Crippen LogP contribution in [0, 0.1) is 5.41 Å². The van der Waals surface area contributed by atoms with Crippen molar-refractivity contribution in [2.24, 2.45) is 5.73 Å². The summed E-state index contributed by atoms with van der Waals surface area (Å²) >= 11 is 1.60. The van der Waals surface area contributed by atoms with Gasteiger partial charge in [0.1, 0.15) is 5.84 Å². The largest absolute Gasteiger partial charge is 0.478 e. The Morgan fingerprint density at radius 1 is 0.842 bits per heavy atom. The Balaban J connectivity index is 0.000000267. The number of benzene rings is 2. The summed E-state index contributed by atoms with van der Waals surface area (Å²) in [6, 6.07) is 17.9. The Labute approximate surface area is 226 Å². The minimum absolute atomic E-state index is 0.0119. The first-order valence-corrected chi connectivity index (χ1v) is 12.8. The first-order valence-electron chi connectivity index (χ1n) is 11.8. The topological polar surface area (TPSA) is 170 Å². The van der Waals surface area contributed by atoms with Crippen LogP contribution in [0.15, 0.2) is 73.1 Å². The van der Waals surface area contributed by atoms with Crippen LogP contribution >= 0.6 is 11.9 Å². The van der Waals surface area contributed by atoms with Crippen LogP contribution in [0.25, 0.3) is 0 Å². The number of carboxylic acids is 1. The number of amidine groups is 1. The molecule has 0 aliphatic rings. The van der Waals surface area contributed by atoms with E-state index in [4.69, 9.17) is 16.2 Å². The number of nitrogens with one attached hydrogen (secondary N) is 4. The van der Waals surface area contributed by atoms with Crippen molar-refractivity contribution in [2.45, 2.75) is 32.2 Å². The molecular weight excluding hydrogens is 504 g/mol. The zero-order valence-electron chi connectivity index (χ0n) is 21.1. The Kier molecular flexibility index (Phi) is 13.0. The summed E-state index contributed by atoms with van der Waals surface area (Å²) in [4.78, 5) is 37.1. The first kappa shape index (κ1) is 30.0. The summed E-state index contributed by atoms with van der Waals surface area (Å²) in [5.41, 5.74) is 9.48. The van der Waals surface area contributed by atoms with E-state index in [1.807, 2.05) is 24.3 Å². The van der Waals surface area contributed by atoms with Crippen LogP contribution in [-0.4, -0.2) is 40.3 Å². The highest BCUT2D eigenvalue weighted by molar-refractivity contribution is 7.96. The molecule has 10 nitrogen and oxygen atoms in total. The Bertz CT molecular complexity index is 1190. The van der Waals surface area contributed by atoms with Crippen molar-refractivity contribution in [3.8, 4) is 0 Å². The fourth-order valence-corrected chi connectivity index (χ4v) is 3.61. The van der Waals surface area contributed by atoms with Gasteiger partial charge in [0.05, 0.1) is 12.1 Å². The Morgan fingerprint density at radius 2 is 1.42 bits per heavy atom. The fourth-order valence-electron chi connectivity index (χ4n) is 2.88. The molecule has 0 spiro atoms. The smallest absolute Gasteiger partial charge is 0.335 e. The molecule has 2 aromatic carbocycles. The molecule has 0 aliphatic heterocycles. The number of carboxylic acid groups (broad SMARTS) is 1. The van der Waals surface area contributed by atoms with Crippen molar-refractivity contribution in [1.29, 1.82) is 5.41 Å². The monoisotopic (exact) mass is 536 g/mol. The highest BCUT2D eigenvalue weighted by atomic mass is 32.2. The quantitative estimate of drug-likeness (QED) is 0.0888. The molecule has 0 unspecified atom stereocenters. The summed E-state index contributed by atoms with van der Waals surface area (Å²) in [5, 5.41) is 21.2. The minimum Gasteiger partial charge on any atom is -0.478 e. The highest BCUT2D eigenvalue weighted by Crippen LogP contribution is 2.11. The van der Waals surface area contributed by atoms with Gasteiger partial charge >= 0.3 is 5.97 Å². The van der Waals surface area contributed by atoms with E-state index in [-0.39, 0.29) is 24.2 Å². The maximum Gasteiger partial charge on any atom is 0.335 e. The van der Waals surface area contributed by atoms with Gasteiger partial charge < -0.3 is 21.5 Å². The standard InChI is InChI=1S/C14H14N2O2S.C13H18N4O2/c17-14(18)13-3-1-12(2-4-13)10-19-16-9-11-5-7-15-8-6-11;1-2-11(18)17-8-12(19)16-7-9-3-5-10(6-4-9)13(14)15/h1-8,16H,9-10H2,(H,17,18);3-6H,2,7-8H2,1H3,(H3,14,15)(H,16,19)(H,17,18). The number of aromatic carboxylic acids is 1. The molecule has 1 heterocycles. The van der Waals surface area contributed by atoms with Gasteiger partial charge in [-0.25, -0.2) is 4.79 Å². The molecule has 2 amide bonds. The van der Waals surface area contributed by atoms with E-state index in [1.54, 1.807) is 67.7 Å². The van der Waals surface area contributed by atoms with Gasteiger partial charge in [-0.05, 0) is 41.0 Å². The summed E-state index contributed by atoms with van der Waals surface area (Å²) in [6.45, 7) is 2.86. The number of hydrogen-bond acceptors (Lipinski definition) is 7. The van der Waals surface area contributed by atoms with Gasteiger partial charge in [0.2, 0.25) is 11.8 Å². The van der Waals surface area contributed by atoms with Crippen molar-refractivity contribution in [3.05, 3.63) is 101 Å². The SMILES string of the molecule is CCC(=O)NCC(=O)NCc1ccc(C(=N)N)cc1.O=C(O)c1ccc(CSNCc2ccncc2)cc1. The molecule has 200 valence electrons. The second kappa shape index (κ2) is 16.5. The number of carbonyl (C=O) groups is 3. The number of aromatic nitrogens is 1. The number of nitrogens with zero attached hydrogens (tertiary/aromatic N) is 1. The van der Waals surface area contributed by atoms with Gasteiger partial charge in [-0.2, -0.15) is 0 Å². The molecule has 0 fully saturated rings. The van der Waals surface area contributed by atoms with Crippen LogP contribution in [-0.2, 0) is 28.4 Å². The van der Waals surface area contributed by atoms with Crippen molar-refractivity contribution in [3.63, 3.8) is 0 Å². The number of hydrogen-bond donors (Lipinski definition) is 6. The number of pyridine rings is 1. The van der Waals surface area contributed by atoms with Gasteiger partial charge in [0.15, 0.2) is 0 Å². The Hall–Kier alpha value is -4.22. The summed E-state index contributed by atoms with van der Waals surface area (Å²) < 4.78 is 3.26. The van der Waals surface area contributed by atoms with Crippen LogP contribution in [0.4, 0.5) is 0 Å². The molecule has 0 atom stereocenters. The lowest BCUT2D eigenvalue weighted by Gasteiger charge is -2.07. The number of nitrogens with two attached hydrogens (primary N) is 1. The average Bonchev–Trinajstić information content (AvgIpc) is 2.94. The van der Waals surface area contributed by atoms with E-state index >= 15 is 0 Å². The summed E-state index contributed by atoms with van der Waals surface area (Å²) in [5.74, 6) is -0.475. The first-order chi connectivity index (χ1) is 18.3. The van der Waals surface area contributed by atoms with Gasteiger partial charge in [-0.3, -0.25) is 24.7 Å². The lowest BCUT2D eigenvalue weighted by Crippen LogP contribution is -2.36. The lowest BCUT2D eigenvalue weighted by molar-refractivity contribution is -0.126. The highest BCUT2D eigenvalue weighted by Gasteiger charge is 2.04. The molecule has 1 aromatic heterocycles. The van der Waals surface area contributed by atoms with Crippen molar-refractivity contribution >= 4 is 35.6 Å². The number of rotatable bonds is 12. The Morgan fingerprint density at radius 3 is 2.00 bits per heavy atom. The molecule has 3 aromatic rings. The van der Waals surface area contributed by atoms with E-state index in [0.29, 0.717) is 24.1 Å². The maximum absolute atomic E-state index is 11.4. The van der Waals surface area contributed by atoms with Crippen LogP contribution in [0.2, 0.25) is 0 Å². The molecule has 0 saturated heterocycles. The molecule has 3 rings (SSSR count). The third-order valence-electron chi connectivity index (χ3n) is 5.09.